The summed E-state index contributed by atoms with van der Waals surface area (Å²) in [7, 11) is 0. The maximum atomic E-state index is 11.8. The van der Waals surface area contributed by atoms with E-state index in [9.17, 15) is 9.59 Å². The van der Waals surface area contributed by atoms with Gasteiger partial charge in [0.1, 0.15) is 5.75 Å². The van der Waals surface area contributed by atoms with E-state index in [0.717, 1.165) is 5.56 Å². The summed E-state index contributed by atoms with van der Waals surface area (Å²) in [6.07, 6.45) is 3.37. The lowest BCUT2D eigenvalue weighted by Crippen LogP contribution is -2.05. The van der Waals surface area contributed by atoms with Gasteiger partial charge in [0, 0.05) is 6.42 Å². The van der Waals surface area contributed by atoms with Crippen LogP contribution in [0.3, 0.4) is 0 Å². The average molecular weight is 311 g/mol. The molecule has 6 nitrogen and oxygen atoms in total. The van der Waals surface area contributed by atoms with Crippen molar-refractivity contribution in [1.82, 2.24) is 0 Å². The van der Waals surface area contributed by atoms with Crippen LogP contribution in [0, 0.1) is 0 Å². The Morgan fingerprint density at radius 2 is 2.04 bits per heavy atom. The van der Waals surface area contributed by atoms with Crippen LogP contribution in [0.1, 0.15) is 24.7 Å². The smallest absolute Gasteiger partial charge is 0.363 e. The first-order valence-electron chi connectivity index (χ1n) is 7.03. The van der Waals surface area contributed by atoms with Crippen LogP contribution in [0.4, 0.5) is 0 Å². The minimum atomic E-state index is -0.544. The zero-order valence-electron chi connectivity index (χ0n) is 12.3. The van der Waals surface area contributed by atoms with Gasteiger partial charge in [0.2, 0.25) is 0 Å². The summed E-state index contributed by atoms with van der Waals surface area (Å²) in [5.74, 6) is 0.136. The van der Waals surface area contributed by atoms with Crippen molar-refractivity contribution in [3.63, 3.8) is 0 Å². The molecule has 0 spiro atoms. The Morgan fingerprint density at radius 1 is 1.26 bits per heavy atom. The predicted octanol–water partition coefficient (Wildman–Crippen LogP) is 2.94. The van der Waals surface area contributed by atoms with Crippen LogP contribution >= 0.6 is 0 Å². The molecule has 1 aromatic heterocycles. The topological polar surface area (TPSA) is 78.1 Å². The van der Waals surface area contributed by atoms with Crippen LogP contribution in [0.25, 0.3) is 6.08 Å². The van der Waals surface area contributed by atoms with Crippen LogP contribution < -0.4 is 4.74 Å². The van der Waals surface area contributed by atoms with E-state index in [1.165, 1.54) is 6.26 Å². The molecule has 23 heavy (non-hydrogen) atoms. The molecule has 0 atom stereocenters. The first-order chi connectivity index (χ1) is 11.2. The first kappa shape index (κ1) is 14.8. The first-order valence-corrected chi connectivity index (χ1v) is 7.03. The predicted molar refractivity (Wildman–Crippen MR) is 81.7 cm³/mol. The molecule has 0 N–H and O–H groups in total. The van der Waals surface area contributed by atoms with Crippen molar-refractivity contribution in [3.05, 3.63) is 59.7 Å². The monoisotopic (exact) mass is 311 g/mol. The van der Waals surface area contributed by atoms with Gasteiger partial charge >= 0.3 is 11.9 Å². The fourth-order valence-electron chi connectivity index (χ4n) is 1.91. The standard InChI is InChI=1S/C17H13NO5/c1-2-15(19)22-12-7-5-11(6-8-12)10-13-17(20)23-16(18-13)14-4-3-9-21-14/h3-10H,2H2,1H3/b13-10-. The van der Waals surface area contributed by atoms with Crippen molar-refractivity contribution in [2.75, 3.05) is 0 Å². The highest BCUT2D eigenvalue weighted by Gasteiger charge is 2.25. The Balaban J connectivity index is 1.78. The summed E-state index contributed by atoms with van der Waals surface area (Å²) in [6, 6.07) is 10.1. The quantitative estimate of drug-likeness (QED) is 0.493. The van der Waals surface area contributed by atoms with Crippen molar-refractivity contribution < 1.29 is 23.5 Å². The molecule has 1 aromatic carbocycles. The molecular formula is C17H13NO5. The minimum absolute atomic E-state index is 0.139. The molecule has 0 radical (unpaired) electrons. The van der Waals surface area contributed by atoms with Crippen LogP contribution in [-0.2, 0) is 14.3 Å². The molecular weight excluding hydrogens is 298 g/mol. The van der Waals surface area contributed by atoms with Gasteiger partial charge in [-0.15, -0.1) is 0 Å². The Morgan fingerprint density at radius 3 is 2.70 bits per heavy atom. The van der Waals surface area contributed by atoms with Gasteiger partial charge in [-0.2, -0.15) is 0 Å². The normalized spacial score (nSPS) is 15.4. The summed E-state index contributed by atoms with van der Waals surface area (Å²) in [5.41, 5.74) is 0.910. The highest BCUT2D eigenvalue weighted by atomic mass is 16.6. The van der Waals surface area contributed by atoms with E-state index in [1.54, 1.807) is 49.4 Å². The summed E-state index contributed by atoms with van der Waals surface area (Å²) in [4.78, 5) is 27.2. The lowest BCUT2D eigenvalue weighted by Gasteiger charge is -2.02. The van der Waals surface area contributed by atoms with Gasteiger partial charge < -0.3 is 13.9 Å². The summed E-state index contributed by atoms with van der Waals surface area (Å²) in [6.45, 7) is 1.72. The number of nitrogens with zero attached hydrogens (tertiary/aromatic N) is 1. The van der Waals surface area contributed by atoms with Crippen LogP contribution in [-0.4, -0.2) is 17.8 Å². The number of cyclic esters (lactones) is 1. The van der Waals surface area contributed by atoms with Gasteiger partial charge in [0.15, 0.2) is 11.5 Å². The fourth-order valence-corrected chi connectivity index (χ4v) is 1.91. The highest BCUT2D eigenvalue weighted by molar-refractivity contribution is 6.11. The maximum absolute atomic E-state index is 11.8. The van der Waals surface area contributed by atoms with Gasteiger partial charge in [-0.25, -0.2) is 9.79 Å². The summed E-state index contributed by atoms with van der Waals surface area (Å²) < 4.78 is 15.3. The van der Waals surface area contributed by atoms with Gasteiger partial charge in [0.25, 0.3) is 5.90 Å². The molecule has 2 heterocycles. The van der Waals surface area contributed by atoms with Gasteiger partial charge in [0.05, 0.1) is 6.26 Å². The second kappa shape index (κ2) is 6.31. The Hall–Kier alpha value is -3.15. The van der Waals surface area contributed by atoms with Crippen LogP contribution in [0.5, 0.6) is 5.75 Å². The van der Waals surface area contributed by atoms with Crippen molar-refractivity contribution in [2.24, 2.45) is 4.99 Å². The lowest BCUT2D eigenvalue weighted by molar-refractivity contribution is -0.134. The van der Waals surface area contributed by atoms with E-state index < -0.39 is 5.97 Å². The molecule has 116 valence electrons. The molecule has 0 amide bonds. The van der Waals surface area contributed by atoms with E-state index in [2.05, 4.69) is 4.99 Å². The van der Waals surface area contributed by atoms with Crippen molar-refractivity contribution >= 4 is 23.9 Å². The zero-order valence-corrected chi connectivity index (χ0v) is 12.3. The van der Waals surface area contributed by atoms with Gasteiger partial charge in [-0.1, -0.05) is 19.1 Å². The highest BCUT2D eigenvalue weighted by Crippen LogP contribution is 2.20. The molecule has 0 saturated heterocycles. The summed E-state index contributed by atoms with van der Waals surface area (Å²) in [5, 5.41) is 0. The molecule has 0 bridgehead atoms. The van der Waals surface area contributed by atoms with Gasteiger partial charge in [-0.3, -0.25) is 4.79 Å². The molecule has 3 rings (SSSR count). The Bertz CT molecular complexity index is 785. The van der Waals surface area contributed by atoms with E-state index in [4.69, 9.17) is 13.9 Å². The number of esters is 2. The molecule has 1 aliphatic rings. The van der Waals surface area contributed by atoms with Crippen molar-refractivity contribution in [2.45, 2.75) is 13.3 Å². The number of furan rings is 1. The lowest BCUT2D eigenvalue weighted by atomic mass is 10.2. The number of benzene rings is 1. The van der Waals surface area contributed by atoms with E-state index >= 15 is 0 Å². The number of carbonyl (C=O) groups is 2. The van der Waals surface area contributed by atoms with E-state index in [0.29, 0.717) is 17.9 Å². The summed E-state index contributed by atoms with van der Waals surface area (Å²) >= 11 is 0. The fraction of sp³-hybridized carbons (Fsp3) is 0.118. The maximum Gasteiger partial charge on any atom is 0.363 e. The molecule has 0 unspecified atom stereocenters. The Kier molecular flexibility index (Phi) is 4.05. The Labute approximate surface area is 132 Å². The number of ether oxygens (including phenoxy) is 2. The molecule has 0 aliphatic carbocycles. The van der Waals surface area contributed by atoms with Crippen LogP contribution in [0.15, 0.2) is 57.8 Å². The third-order valence-electron chi connectivity index (χ3n) is 3.06. The molecule has 6 heteroatoms. The van der Waals surface area contributed by atoms with E-state index in [-0.39, 0.29) is 17.6 Å². The molecule has 0 fully saturated rings. The number of hydrogen-bond acceptors (Lipinski definition) is 6. The SMILES string of the molecule is CCC(=O)Oc1ccc(/C=C2\N=C(c3ccco3)OC2=O)cc1. The van der Waals surface area contributed by atoms with Crippen molar-refractivity contribution in [1.29, 1.82) is 0 Å². The number of hydrogen-bond donors (Lipinski definition) is 0. The molecule has 0 saturated carbocycles. The average Bonchev–Trinajstić information content (AvgIpc) is 3.19. The third kappa shape index (κ3) is 3.37. The largest absolute Gasteiger partial charge is 0.459 e. The molecule has 1 aliphatic heterocycles. The second-order valence-electron chi connectivity index (χ2n) is 4.71. The second-order valence-corrected chi connectivity index (χ2v) is 4.71. The van der Waals surface area contributed by atoms with E-state index in [1.807, 2.05) is 0 Å². The minimum Gasteiger partial charge on any atom is -0.459 e. The van der Waals surface area contributed by atoms with Crippen LogP contribution in [0.2, 0.25) is 0 Å². The number of aliphatic imine (C=N–C) groups is 1. The van der Waals surface area contributed by atoms with Crippen molar-refractivity contribution in [3.8, 4) is 5.75 Å². The third-order valence-corrected chi connectivity index (χ3v) is 3.06. The number of rotatable bonds is 4. The van der Waals surface area contributed by atoms with Gasteiger partial charge in [-0.05, 0) is 35.9 Å². The number of carbonyl (C=O) groups excluding carboxylic acids is 2. The zero-order chi connectivity index (χ0) is 16.2. The molecule has 2 aromatic rings.